The predicted molar refractivity (Wildman–Crippen MR) is 75.5 cm³/mol. The normalized spacial score (nSPS) is 12.3. The van der Waals surface area contributed by atoms with Crippen LogP contribution < -0.4 is 5.32 Å². The van der Waals surface area contributed by atoms with Gasteiger partial charge in [0.1, 0.15) is 5.01 Å². The minimum atomic E-state index is 0.178. The van der Waals surface area contributed by atoms with Crippen LogP contribution in [-0.4, -0.2) is 19.7 Å². The van der Waals surface area contributed by atoms with Gasteiger partial charge in [-0.25, -0.2) is 14.6 Å². The van der Waals surface area contributed by atoms with Crippen LogP contribution in [0.1, 0.15) is 18.0 Å². The van der Waals surface area contributed by atoms with Crippen molar-refractivity contribution in [3.63, 3.8) is 0 Å². The van der Waals surface area contributed by atoms with Crippen molar-refractivity contribution in [1.29, 1.82) is 0 Å². The van der Waals surface area contributed by atoms with Gasteiger partial charge in [0.05, 0.1) is 17.9 Å². The van der Waals surface area contributed by atoms with Gasteiger partial charge in [-0.3, -0.25) is 0 Å². The molecule has 96 valence electrons. The van der Waals surface area contributed by atoms with Crippen LogP contribution in [0.2, 0.25) is 0 Å². The molecule has 0 saturated heterocycles. The van der Waals surface area contributed by atoms with E-state index in [9.17, 15) is 0 Å². The molecule has 1 unspecified atom stereocenters. The molecule has 1 atom stereocenters. The molecule has 0 aliphatic rings. The van der Waals surface area contributed by atoms with E-state index in [1.54, 1.807) is 28.4 Å². The minimum absolute atomic E-state index is 0.178. The van der Waals surface area contributed by atoms with Crippen molar-refractivity contribution in [2.24, 2.45) is 0 Å². The molecule has 0 bridgehead atoms. The highest BCUT2D eigenvalue weighted by atomic mass is 32.1. The van der Waals surface area contributed by atoms with Gasteiger partial charge in [0, 0.05) is 24.0 Å². The number of nitrogens with zero attached hydrogens (tertiary/aromatic N) is 4. The molecule has 0 aliphatic carbocycles. The molecule has 3 aromatic rings. The maximum Gasteiger partial charge on any atom is 0.153 e. The van der Waals surface area contributed by atoms with Crippen LogP contribution in [0.4, 0.5) is 5.69 Å². The lowest BCUT2D eigenvalue weighted by Crippen LogP contribution is -2.07. The Labute approximate surface area is 115 Å². The zero-order chi connectivity index (χ0) is 13.1. The zero-order valence-corrected chi connectivity index (χ0v) is 11.2. The molecule has 3 heterocycles. The van der Waals surface area contributed by atoms with Crippen LogP contribution in [0.25, 0.3) is 5.82 Å². The Bertz CT molecular complexity index is 616. The molecule has 0 spiro atoms. The summed E-state index contributed by atoms with van der Waals surface area (Å²) in [5, 5.41) is 10.6. The van der Waals surface area contributed by atoms with E-state index in [1.165, 1.54) is 0 Å². The highest BCUT2D eigenvalue weighted by Gasteiger charge is 2.07. The van der Waals surface area contributed by atoms with Crippen LogP contribution in [0, 0.1) is 0 Å². The number of thiazole rings is 1. The van der Waals surface area contributed by atoms with Crippen molar-refractivity contribution >= 4 is 17.0 Å². The van der Waals surface area contributed by atoms with E-state index in [2.05, 4.69) is 27.3 Å². The van der Waals surface area contributed by atoms with Crippen LogP contribution in [-0.2, 0) is 0 Å². The molecule has 0 amide bonds. The van der Waals surface area contributed by atoms with Crippen LogP contribution in [0.3, 0.4) is 0 Å². The molecule has 3 aromatic heterocycles. The highest BCUT2D eigenvalue weighted by Crippen LogP contribution is 2.20. The highest BCUT2D eigenvalue weighted by molar-refractivity contribution is 7.09. The first-order valence-corrected chi connectivity index (χ1v) is 6.83. The average molecular weight is 271 g/mol. The molecule has 1 N–H and O–H groups in total. The van der Waals surface area contributed by atoms with Crippen molar-refractivity contribution < 1.29 is 0 Å². The van der Waals surface area contributed by atoms with Crippen molar-refractivity contribution in [3.05, 3.63) is 53.4 Å². The van der Waals surface area contributed by atoms with Gasteiger partial charge in [-0.15, -0.1) is 11.3 Å². The van der Waals surface area contributed by atoms with E-state index in [0.29, 0.717) is 0 Å². The Kier molecular flexibility index (Phi) is 3.24. The zero-order valence-electron chi connectivity index (χ0n) is 10.4. The van der Waals surface area contributed by atoms with E-state index in [-0.39, 0.29) is 6.04 Å². The van der Waals surface area contributed by atoms with E-state index in [1.807, 2.05) is 36.0 Å². The molecule has 5 nitrogen and oxygen atoms in total. The summed E-state index contributed by atoms with van der Waals surface area (Å²) in [6.07, 6.45) is 7.23. The smallest absolute Gasteiger partial charge is 0.153 e. The lowest BCUT2D eigenvalue weighted by molar-refractivity contribution is 0.841. The lowest BCUT2D eigenvalue weighted by atomic mass is 10.3. The maximum absolute atomic E-state index is 4.38. The Morgan fingerprint density at radius 3 is 2.84 bits per heavy atom. The summed E-state index contributed by atoms with van der Waals surface area (Å²) in [5.41, 5.74) is 0.971. The average Bonchev–Trinajstić information content (AvgIpc) is 3.13. The SMILES string of the molecule is CC(Nc1ccc(-n2cccn2)nc1)c1nccs1. The third-order valence-electron chi connectivity index (χ3n) is 2.69. The van der Waals surface area contributed by atoms with E-state index in [4.69, 9.17) is 0 Å². The Morgan fingerprint density at radius 2 is 2.21 bits per heavy atom. The fraction of sp³-hybridized carbons (Fsp3) is 0.154. The largest absolute Gasteiger partial charge is 0.375 e. The number of aromatic nitrogens is 4. The van der Waals surface area contributed by atoms with Gasteiger partial charge in [-0.05, 0) is 25.1 Å². The molecule has 0 saturated carbocycles. The first-order chi connectivity index (χ1) is 9.33. The summed E-state index contributed by atoms with van der Waals surface area (Å²) in [4.78, 5) is 8.67. The molecule has 0 aliphatic heterocycles. The summed E-state index contributed by atoms with van der Waals surface area (Å²) in [5.74, 6) is 0.803. The topological polar surface area (TPSA) is 55.6 Å². The molecular weight excluding hydrogens is 258 g/mol. The third kappa shape index (κ3) is 2.63. The number of rotatable bonds is 4. The minimum Gasteiger partial charge on any atom is -0.375 e. The Hall–Kier alpha value is -2.21. The first kappa shape index (κ1) is 11.9. The predicted octanol–water partition coefficient (Wildman–Crippen LogP) is 2.90. The second-order valence-corrected chi connectivity index (χ2v) is 5.02. The second kappa shape index (κ2) is 5.19. The fourth-order valence-electron chi connectivity index (χ4n) is 1.77. The van der Waals surface area contributed by atoms with E-state index in [0.717, 1.165) is 16.5 Å². The van der Waals surface area contributed by atoms with Crippen molar-refractivity contribution in [2.45, 2.75) is 13.0 Å². The number of nitrogens with one attached hydrogen (secondary N) is 1. The van der Waals surface area contributed by atoms with Gasteiger partial charge in [0.15, 0.2) is 5.82 Å². The van der Waals surface area contributed by atoms with Gasteiger partial charge in [-0.2, -0.15) is 5.10 Å². The Morgan fingerprint density at radius 1 is 1.26 bits per heavy atom. The first-order valence-electron chi connectivity index (χ1n) is 5.95. The summed E-state index contributed by atoms with van der Waals surface area (Å²) < 4.78 is 1.73. The molecule has 0 aromatic carbocycles. The molecule has 6 heteroatoms. The number of anilines is 1. The lowest BCUT2D eigenvalue weighted by Gasteiger charge is -2.12. The van der Waals surface area contributed by atoms with Crippen LogP contribution >= 0.6 is 11.3 Å². The van der Waals surface area contributed by atoms with Gasteiger partial charge in [-0.1, -0.05) is 0 Å². The maximum atomic E-state index is 4.38. The summed E-state index contributed by atoms with van der Waals surface area (Å²) in [7, 11) is 0. The van der Waals surface area contributed by atoms with Crippen molar-refractivity contribution in [2.75, 3.05) is 5.32 Å². The third-order valence-corrected chi connectivity index (χ3v) is 3.65. The molecule has 0 radical (unpaired) electrons. The van der Waals surface area contributed by atoms with Crippen molar-refractivity contribution in [1.82, 2.24) is 19.7 Å². The summed E-state index contributed by atoms with van der Waals surface area (Å²) in [6.45, 7) is 2.08. The van der Waals surface area contributed by atoms with Crippen LogP contribution in [0.15, 0.2) is 48.4 Å². The van der Waals surface area contributed by atoms with Gasteiger partial charge in [0.25, 0.3) is 0 Å². The Balaban J connectivity index is 1.73. The number of hydrogen-bond acceptors (Lipinski definition) is 5. The second-order valence-electron chi connectivity index (χ2n) is 4.09. The van der Waals surface area contributed by atoms with Gasteiger partial charge >= 0.3 is 0 Å². The fourth-order valence-corrected chi connectivity index (χ4v) is 2.42. The van der Waals surface area contributed by atoms with Crippen molar-refractivity contribution in [3.8, 4) is 5.82 Å². The molecule has 3 rings (SSSR count). The van der Waals surface area contributed by atoms with Gasteiger partial charge < -0.3 is 5.32 Å². The van der Waals surface area contributed by atoms with Crippen LogP contribution in [0.5, 0.6) is 0 Å². The summed E-state index contributed by atoms with van der Waals surface area (Å²) in [6, 6.07) is 5.98. The number of pyridine rings is 1. The van der Waals surface area contributed by atoms with E-state index < -0.39 is 0 Å². The van der Waals surface area contributed by atoms with Gasteiger partial charge in [0.2, 0.25) is 0 Å². The quantitative estimate of drug-likeness (QED) is 0.792. The molecule has 0 fully saturated rings. The molecular formula is C13H13N5S. The number of hydrogen-bond donors (Lipinski definition) is 1. The standard InChI is InChI=1S/C13H13N5S/c1-10(13-14-6-8-19-13)17-11-3-4-12(15-9-11)18-7-2-5-16-18/h2-10,17H,1H3. The molecule has 19 heavy (non-hydrogen) atoms. The summed E-state index contributed by atoms with van der Waals surface area (Å²) >= 11 is 1.64. The van der Waals surface area contributed by atoms with E-state index >= 15 is 0 Å². The monoisotopic (exact) mass is 271 g/mol.